The zero-order valence-corrected chi connectivity index (χ0v) is 46.8. The summed E-state index contributed by atoms with van der Waals surface area (Å²) in [4.78, 5) is 73.0. The van der Waals surface area contributed by atoms with Gasteiger partial charge in [0, 0.05) is 41.5 Å². The van der Waals surface area contributed by atoms with Gasteiger partial charge >= 0.3 is 0 Å². The normalized spacial score (nSPS) is 44.0. The molecule has 6 aliphatic rings. The minimum atomic E-state index is -1.94. The minimum Gasteiger partial charge on any atom is -0.394 e. The van der Waals surface area contributed by atoms with E-state index in [0.29, 0.717) is 0 Å². The van der Waals surface area contributed by atoms with Crippen molar-refractivity contribution < 1.29 is 152 Å². The molecule has 0 bridgehead atoms. The molecule has 0 radical (unpaired) electrons. The van der Waals surface area contributed by atoms with Crippen molar-refractivity contribution in [1.29, 1.82) is 0 Å². The second kappa shape index (κ2) is 30.8. The fraction of sp³-hybridized carbons (Fsp3) is 0.875. The zero-order valence-electron chi connectivity index (χ0n) is 46.8. The number of hydrogen-bond donors (Lipinski definition) is 20. The van der Waals surface area contributed by atoms with Crippen LogP contribution in [0.3, 0.4) is 0 Å². The molecule has 6 amide bonds. The van der Waals surface area contributed by atoms with E-state index in [-0.39, 0.29) is 0 Å². The van der Waals surface area contributed by atoms with Crippen LogP contribution in [0.25, 0.3) is 0 Å². The average molecular weight is 1240 g/mol. The summed E-state index contributed by atoms with van der Waals surface area (Å²) < 4.78 is 64.0. The van der Waals surface area contributed by atoms with Crippen molar-refractivity contribution in [2.24, 2.45) is 0 Å². The van der Waals surface area contributed by atoms with Crippen LogP contribution in [0.4, 0.5) is 0 Å². The Balaban J connectivity index is 1.14. The van der Waals surface area contributed by atoms with Gasteiger partial charge in [-0.15, -0.1) is 0 Å². The molecule has 0 aliphatic carbocycles. The molecule has 30 atom stereocenters. The lowest BCUT2D eigenvalue weighted by Gasteiger charge is -2.47. The molecule has 0 aromatic rings. The maximum Gasteiger partial charge on any atom is 0.217 e. The van der Waals surface area contributed by atoms with Gasteiger partial charge in [-0.3, -0.25) is 28.8 Å². The molecule has 0 aromatic carbocycles. The summed E-state index contributed by atoms with van der Waals surface area (Å²) in [5.41, 5.74) is 0. The molecule has 6 aliphatic heterocycles. The lowest BCUT2D eigenvalue weighted by molar-refractivity contribution is -0.326. The van der Waals surface area contributed by atoms with Crippen LogP contribution in [0.2, 0.25) is 0 Å². The molecule has 6 rings (SSSR count). The predicted octanol–water partition coefficient (Wildman–Crippen LogP) is -13.2. The van der Waals surface area contributed by atoms with Crippen LogP contribution >= 0.6 is 0 Å². The number of ether oxygens (including phenoxy) is 11. The molecule has 20 N–H and O–H groups in total. The highest BCUT2D eigenvalue weighted by molar-refractivity contribution is 5.75. The summed E-state index contributed by atoms with van der Waals surface area (Å²) in [6, 6.07) is -9.14. The molecule has 37 heteroatoms. The van der Waals surface area contributed by atoms with Crippen molar-refractivity contribution in [2.45, 2.75) is 225 Å². The third-order valence-electron chi connectivity index (χ3n) is 14.7. The van der Waals surface area contributed by atoms with E-state index in [1.807, 2.05) is 0 Å². The molecule has 0 spiro atoms. The smallest absolute Gasteiger partial charge is 0.217 e. The first-order valence-corrected chi connectivity index (χ1v) is 27.0. The maximum absolute atomic E-state index is 12.4. The van der Waals surface area contributed by atoms with E-state index < -0.39 is 259 Å². The second-order valence-corrected chi connectivity index (χ2v) is 21.4. The SMILES string of the molecule is CC(=O)N[C@H]1[C@H](OC[C@H]2O[C@@H](OC[C@H]3O[C@@H](OC[C@H]4O[C@@H](OC[C@H]5O[C@@H](OC[C@H]6OC(O)[C@H](NC(C)=O)[C@@H](O)[C@H]6O)[C@H](NC(C)=O)[C@@H](O)[C@H]5O)[C@H](NC(C)=O)[C@@H](O)[C@H]4O)[C@H](NC(C)=O)[C@@H](O)[C@H]3O)[C@H](NC(C)=O)[C@@H](O)[C@H]2O)O[C@H](CO)[C@H](O)[C@@H]1O. The number of amides is 6. The van der Waals surface area contributed by atoms with Gasteiger partial charge in [0.25, 0.3) is 0 Å². The number of aliphatic hydroxyl groups excluding tert-OH is 14. The predicted molar refractivity (Wildman–Crippen MR) is 269 cm³/mol. The summed E-state index contributed by atoms with van der Waals surface area (Å²) in [6.07, 6.45) is -42.0. The van der Waals surface area contributed by atoms with Crippen molar-refractivity contribution in [3.05, 3.63) is 0 Å². The number of carbonyl (C=O) groups is 6. The third-order valence-corrected chi connectivity index (χ3v) is 14.7. The standard InChI is InChI=1S/C48H80N6O31/c1-13(56)49-25-37(68)32(63)20(80-43(25)74)8-75-45-27(51-15(3)58)39(70)34(65)22(82-45)10-77-47-29(53-17(5)60)41(72)36(67)24(84-47)12-79-48-30(54-18(6)61)42(73)35(66)23(85-48)11-78-46-28(52-16(4)59)40(71)33(64)21(83-46)9-76-44-26(50-14(2)57)38(69)31(62)19(7-55)81-44/h19-48,55,62-74H,7-12H2,1-6H3,(H,49,56)(H,50,57)(H,51,58)(H,52,59)(H,53,60)(H,54,61)/t19-,20-,21-,22-,23-,24-,25-,26-,27-,28-,29-,30-,31+,32+,33+,34+,35+,36+,37-,38-,39-,40-,41-,42-,43?,44-,45-,46-,47-,48-/m1/s1. The van der Waals surface area contributed by atoms with Crippen LogP contribution in [-0.2, 0) is 80.9 Å². The van der Waals surface area contributed by atoms with Gasteiger partial charge in [-0.2, -0.15) is 0 Å². The fourth-order valence-corrected chi connectivity index (χ4v) is 10.4. The van der Waals surface area contributed by atoms with Gasteiger partial charge in [0.1, 0.15) is 146 Å². The minimum absolute atomic E-state index is 0.661. The summed E-state index contributed by atoms with van der Waals surface area (Å²) in [6.45, 7) is 1.86. The molecule has 488 valence electrons. The zero-order chi connectivity index (χ0) is 63.0. The molecular weight excluding hydrogens is 1160 g/mol. The van der Waals surface area contributed by atoms with Gasteiger partial charge in [-0.05, 0) is 0 Å². The summed E-state index contributed by atoms with van der Waals surface area (Å²) in [5, 5.41) is 167. The largest absolute Gasteiger partial charge is 0.394 e. The van der Waals surface area contributed by atoms with Crippen LogP contribution < -0.4 is 31.9 Å². The van der Waals surface area contributed by atoms with E-state index >= 15 is 0 Å². The Kier molecular flexibility index (Phi) is 25.4. The highest BCUT2D eigenvalue weighted by Gasteiger charge is 2.54. The van der Waals surface area contributed by atoms with Gasteiger partial charge in [-0.1, -0.05) is 0 Å². The van der Waals surface area contributed by atoms with E-state index in [0.717, 1.165) is 41.5 Å². The lowest BCUT2D eigenvalue weighted by atomic mass is 9.95. The van der Waals surface area contributed by atoms with Crippen LogP contribution in [0.5, 0.6) is 0 Å². The number of rotatable bonds is 22. The highest BCUT2D eigenvalue weighted by Crippen LogP contribution is 2.32. The molecule has 1 unspecified atom stereocenters. The molecule has 6 fully saturated rings. The maximum atomic E-state index is 12.4. The number of hydrogen-bond acceptors (Lipinski definition) is 31. The van der Waals surface area contributed by atoms with Gasteiger partial charge in [0.15, 0.2) is 37.7 Å². The van der Waals surface area contributed by atoms with Gasteiger partial charge in [0.05, 0.1) is 39.6 Å². The Morgan fingerprint density at radius 2 is 0.459 bits per heavy atom. The van der Waals surface area contributed by atoms with Crippen LogP contribution in [0.15, 0.2) is 0 Å². The molecule has 85 heavy (non-hydrogen) atoms. The first kappa shape index (κ1) is 69.9. The Hall–Kier alpha value is -4.18. The molecule has 6 heterocycles. The van der Waals surface area contributed by atoms with Crippen molar-refractivity contribution in [3.63, 3.8) is 0 Å². The topological polar surface area (TPSA) is 559 Å². The summed E-state index contributed by atoms with van der Waals surface area (Å²) in [7, 11) is 0. The monoisotopic (exact) mass is 1240 g/mol. The van der Waals surface area contributed by atoms with Crippen molar-refractivity contribution in [2.75, 3.05) is 39.6 Å². The van der Waals surface area contributed by atoms with Gasteiger partial charge in [-0.25, -0.2) is 0 Å². The lowest BCUT2D eigenvalue weighted by Crippen LogP contribution is -2.68. The molecule has 0 saturated carbocycles. The number of nitrogens with one attached hydrogen (secondary N) is 6. The molecule has 6 saturated heterocycles. The van der Waals surface area contributed by atoms with Crippen LogP contribution in [0, 0.1) is 0 Å². The van der Waals surface area contributed by atoms with E-state index in [4.69, 9.17) is 52.1 Å². The average Bonchev–Trinajstić information content (AvgIpc) is 2.71. The molecule has 37 nitrogen and oxygen atoms in total. The Morgan fingerprint density at radius 3 is 0.671 bits per heavy atom. The van der Waals surface area contributed by atoms with E-state index in [2.05, 4.69) is 31.9 Å². The van der Waals surface area contributed by atoms with E-state index in [9.17, 15) is 100 Å². The first-order chi connectivity index (χ1) is 39.9. The Bertz CT molecular complexity index is 2230. The Labute approximate surface area is 483 Å². The van der Waals surface area contributed by atoms with Gasteiger partial charge < -0.3 is 155 Å². The first-order valence-electron chi connectivity index (χ1n) is 27.0. The Morgan fingerprint density at radius 1 is 0.282 bits per heavy atom. The molecular formula is C48H80N6O31. The van der Waals surface area contributed by atoms with Crippen molar-refractivity contribution in [3.8, 4) is 0 Å². The van der Waals surface area contributed by atoms with Crippen LogP contribution in [-0.4, -0.2) is 330 Å². The second-order valence-electron chi connectivity index (χ2n) is 21.4. The number of aliphatic hydroxyl groups is 14. The van der Waals surface area contributed by atoms with Crippen LogP contribution in [0.1, 0.15) is 41.5 Å². The van der Waals surface area contributed by atoms with Crippen molar-refractivity contribution in [1.82, 2.24) is 31.9 Å². The van der Waals surface area contributed by atoms with Crippen molar-refractivity contribution >= 4 is 35.4 Å². The van der Waals surface area contributed by atoms with Gasteiger partial charge in [0.2, 0.25) is 35.4 Å². The summed E-state index contributed by atoms with van der Waals surface area (Å²) >= 11 is 0. The van der Waals surface area contributed by atoms with E-state index in [1.54, 1.807) is 0 Å². The number of carbonyl (C=O) groups excluding carboxylic acids is 6. The highest BCUT2D eigenvalue weighted by atomic mass is 16.8. The van der Waals surface area contributed by atoms with E-state index in [1.165, 1.54) is 0 Å². The quantitative estimate of drug-likeness (QED) is 0.0479. The fourth-order valence-electron chi connectivity index (χ4n) is 10.4. The summed E-state index contributed by atoms with van der Waals surface area (Å²) in [5.74, 6) is -4.34. The molecule has 0 aromatic heterocycles. The third kappa shape index (κ3) is 17.4.